The Morgan fingerprint density at radius 1 is 1.14 bits per heavy atom. The first-order valence-corrected chi connectivity index (χ1v) is 8.59. The Morgan fingerprint density at radius 2 is 1.82 bits per heavy atom. The Kier molecular flexibility index (Phi) is 5.46. The van der Waals surface area contributed by atoms with Crippen LogP contribution in [-0.2, 0) is 22.6 Å². The Balaban J connectivity index is 1.57. The molecule has 1 aliphatic heterocycles. The van der Waals surface area contributed by atoms with Crippen molar-refractivity contribution in [3.05, 3.63) is 35.4 Å². The van der Waals surface area contributed by atoms with Crippen LogP contribution in [0.15, 0.2) is 24.3 Å². The molecule has 0 aromatic heterocycles. The lowest BCUT2D eigenvalue weighted by Gasteiger charge is -2.24. The van der Waals surface area contributed by atoms with Crippen LogP contribution in [0, 0.1) is 5.92 Å². The van der Waals surface area contributed by atoms with E-state index in [2.05, 4.69) is 29.6 Å². The first kappa shape index (κ1) is 15.5. The number of hydrogen-bond donors (Lipinski definition) is 2. The Hall–Kier alpha value is -1.39. The lowest BCUT2D eigenvalue weighted by molar-refractivity contribution is -0.921. The maximum Gasteiger partial charge on any atom is 0.223 e. The molecule has 4 heteroatoms. The van der Waals surface area contributed by atoms with Gasteiger partial charge < -0.3 is 15.0 Å². The molecule has 0 radical (unpaired) electrons. The van der Waals surface area contributed by atoms with Crippen LogP contribution in [-0.4, -0.2) is 32.2 Å². The minimum atomic E-state index is 0.242. The van der Waals surface area contributed by atoms with Gasteiger partial charge in [-0.1, -0.05) is 37.1 Å². The fourth-order valence-electron chi connectivity index (χ4n) is 3.52. The van der Waals surface area contributed by atoms with E-state index in [-0.39, 0.29) is 11.8 Å². The van der Waals surface area contributed by atoms with Gasteiger partial charge in [0.15, 0.2) is 0 Å². The molecular weight excluding hydrogens is 276 g/mol. The molecule has 2 aliphatic rings. The summed E-state index contributed by atoms with van der Waals surface area (Å²) in [5.74, 6) is 0.489. The van der Waals surface area contributed by atoms with E-state index >= 15 is 0 Å². The highest BCUT2D eigenvalue weighted by molar-refractivity contribution is 5.78. The topological polar surface area (TPSA) is 42.8 Å². The van der Waals surface area contributed by atoms with Gasteiger partial charge in [-0.2, -0.15) is 0 Å². The fraction of sp³-hybridized carbons (Fsp3) is 0.611. The molecule has 0 spiro atoms. The molecule has 1 saturated heterocycles. The summed E-state index contributed by atoms with van der Waals surface area (Å²) < 4.78 is 5.43. The van der Waals surface area contributed by atoms with Crippen LogP contribution in [0.2, 0.25) is 0 Å². The highest BCUT2D eigenvalue weighted by Gasteiger charge is 2.22. The van der Waals surface area contributed by atoms with E-state index in [1.54, 1.807) is 4.90 Å². The molecule has 3 rings (SSSR count). The summed E-state index contributed by atoms with van der Waals surface area (Å²) >= 11 is 0. The number of carbonyl (C=O) groups is 1. The molecule has 1 saturated carbocycles. The number of benzene rings is 1. The molecule has 2 fully saturated rings. The van der Waals surface area contributed by atoms with Gasteiger partial charge in [0.25, 0.3) is 0 Å². The second kappa shape index (κ2) is 7.75. The van der Waals surface area contributed by atoms with Crippen LogP contribution in [0.5, 0.6) is 0 Å². The van der Waals surface area contributed by atoms with Gasteiger partial charge in [-0.05, 0) is 18.4 Å². The van der Waals surface area contributed by atoms with E-state index in [1.165, 1.54) is 24.0 Å². The first-order valence-electron chi connectivity index (χ1n) is 8.59. The smallest absolute Gasteiger partial charge is 0.223 e. The SMILES string of the molecule is O=C(NCc1ccccc1C[NH+]1CCOCC1)C1CCCC1. The normalized spacial score (nSPS) is 20.2. The molecule has 0 bridgehead atoms. The maximum absolute atomic E-state index is 12.2. The van der Waals surface area contributed by atoms with Gasteiger partial charge in [0, 0.05) is 18.0 Å². The van der Waals surface area contributed by atoms with Crippen molar-refractivity contribution >= 4 is 5.91 Å². The number of quaternary nitrogens is 1. The van der Waals surface area contributed by atoms with Gasteiger partial charge in [0.1, 0.15) is 19.6 Å². The van der Waals surface area contributed by atoms with E-state index < -0.39 is 0 Å². The Labute approximate surface area is 132 Å². The van der Waals surface area contributed by atoms with Crippen molar-refractivity contribution in [1.29, 1.82) is 0 Å². The number of ether oxygens (including phenoxy) is 1. The van der Waals surface area contributed by atoms with E-state index in [1.807, 2.05) is 0 Å². The van der Waals surface area contributed by atoms with Gasteiger partial charge in [-0.3, -0.25) is 4.79 Å². The second-order valence-electron chi connectivity index (χ2n) is 6.51. The van der Waals surface area contributed by atoms with E-state index in [4.69, 9.17) is 4.74 Å². The summed E-state index contributed by atoms with van der Waals surface area (Å²) in [5, 5.41) is 3.15. The van der Waals surface area contributed by atoms with E-state index in [0.29, 0.717) is 6.54 Å². The van der Waals surface area contributed by atoms with Crippen molar-refractivity contribution in [3.8, 4) is 0 Å². The highest BCUT2D eigenvalue weighted by atomic mass is 16.5. The highest BCUT2D eigenvalue weighted by Crippen LogP contribution is 2.24. The lowest BCUT2D eigenvalue weighted by atomic mass is 10.0. The molecule has 1 aromatic carbocycles. The summed E-state index contributed by atoms with van der Waals surface area (Å²) in [6.45, 7) is 5.55. The molecule has 0 unspecified atom stereocenters. The van der Waals surface area contributed by atoms with Crippen LogP contribution in [0.25, 0.3) is 0 Å². The number of rotatable bonds is 5. The molecule has 0 atom stereocenters. The van der Waals surface area contributed by atoms with Gasteiger partial charge in [-0.15, -0.1) is 0 Å². The zero-order valence-corrected chi connectivity index (χ0v) is 13.3. The molecular formula is C18H27N2O2+. The molecule has 1 heterocycles. The number of hydrogen-bond acceptors (Lipinski definition) is 2. The lowest BCUT2D eigenvalue weighted by Crippen LogP contribution is -3.12. The van der Waals surface area contributed by atoms with Gasteiger partial charge in [0.2, 0.25) is 5.91 Å². The number of amides is 1. The molecule has 22 heavy (non-hydrogen) atoms. The zero-order chi connectivity index (χ0) is 15.2. The third-order valence-corrected chi connectivity index (χ3v) is 4.94. The quantitative estimate of drug-likeness (QED) is 0.849. The monoisotopic (exact) mass is 303 g/mol. The Morgan fingerprint density at radius 3 is 2.55 bits per heavy atom. The van der Waals surface area contributed by atoms with Gasteiger partial charge in [0.05, 0.1) is 13.2 Å². The van der Waals surface area contributed by atoms with Crippen LogP contribution >= 0.6 is 0 Å². The van der Waals surface area contributed by atoms with Crippen LogP contribution in [0.4, 0.5) is 0 Å². The predicted molar refractivity (Wildman–Crippen MR) is 85.5 cm³/mol. The largest absolute Gasteiger partial charge is 0.370 e. The van der Waals surface area contributed by atoms with Crippen molar-refractivity contribution in [3.63, 3.8) is 0 Å². The maximum atomic E-state index is 12.2. The summed E-state index contributed by atoms with van der Waals surface area (Å²) in [6, 6.07) is 8.50. The average Bonchev–Trinajstić information content (AvgIpc) is 3.09. The third-order valence-electron chi connectivity index (χ3n) is 4.94. The number of morpholine rings is 1. The summed E-state index contributed by atoms with van der Waals surface area (Å²) in [6.07, 6.45) is 4.53. The summed E-state index contributed by atoms with van der Waals surface area (Å²) in [4.78, 5) is 13.8. The minimum Gasteiger partial charge on any atom is -0.370 e. The standard InChI is InChI=1S/C18H26N2O2/c21-18(15-5-1-2-6-15)19-13-16-7-3-4-8-17(16)14-20-9-11-22-12-10-20/h3-4,7-8,15H,1-2,5-6,9-14H2,(H,19,21)/p+1. The fourth-order valence-corrected chi connectivity index (χ4v) is 3.52. The van der Waals surface area contributed by atoms with Crippen molar-refractivity contribution in [2.75, 3.05) is 26.3 Å². The van der Waals surface area contributed by atoms with E-state index in [9.17, 15) is 4.79 Å². The van der Waals surface area contributed by atoms with E-state index in [0.717, 1.165) is 45.7 Å². The van der Waals surface area contributed by atoms with Crippen molar-refractivity contribution < 1.29 is 14.4 Å². The van der Waals surface area contributed by atoms with Crippen molar-refractivity contribution in [1.82, 2.24) is 5.32 Å². The molecule has 1 aromatic rings. The van der Waals surface area contributed by atoms with Crippen LogP contribution < -0.4 is 10.2 Å². The van der Waals surface area contributed by atoms with Crippen LogP contribution in [0.1, 0.15) is 36.8 Å². The van der Waals surface area contributed by atoms with Crippen molar-refractivity contribution in [2.45, 2.75) is 38.8 Å². The number of nitrogens with one attached hydrogen (secondary N) is 2. The molecule has 1 amide bonds. The molecule has 4 nitrogen and oxygen atoms in total. The predicted octanol–water partition coefficient (Wildman–Crippen LogP) is 0.908. The first-order chi connectivity index (χ1) is 10.8. The minimum absolute atomic E-state index is 0.242. The van der Waals surface area contributed by atoms with Gasteiger partial charge >= 0.3 is 0 Å². The average molecular weight is 303 g/mol. The second-order valence-corrected chi connectivity index (χ2v) is 6.51. The van der Waals surface area contributed by atoms with Crippen molar-refractivity contribution in [2.24, 2.45) is 5.92 Å². The molecule has 120 valence electrons. The summed E-state index contributed by atoms with van der Waals surface area (Å²) in [7, 11) is 0. The van der Waals surface area contributed by atoms with Crippen LogP contribution in [0.3, 0.4) is 0 Å². The summed E-state index contributed by atoms with van der Waals surface area (Å²) in [5.41, 5.74) is 2.61. The third kappa shape index (κ3) is 4.08. The molecule has 1 aliphatic carbocycles. The zero-order valence-electron chi connectivity index (χ0n) is 13.3. The number of carbonyl (C=O) groups excluding carboxylic acids is 1. The van der Waals surface area contributed by atoms with Gasteiger partial charge in [-0.25, -0.2) is 0 Å². The Bertz CT molecular complexity index is 492. The molecule has 2 N–H and O–H groups in total.